The lowest BCUT2D eigenvalue weighted by atomic mass is 9.90. The van der Waals surface area contributed by atoms with Gasteiger partial charge in [0, 0.05) is 18.5 Å². The molecule has 110 valence electrons. The number of aromatic amines is 1. The van der Waals surface area contributed by atoms with Gasteiger partial charge in [-0.3, -0.25) is 14.7 Å². The van der Waals surface area contributed by atoms with E-state index in [1.807, 2.05) is 13.0 Å². The molecule has 2 atom stereocenters. The summed E-state index contributed by atoms with van der Waals surface area (Å²) >= 11 is 0. The number of piperidine rings is 1. The van der Waals surface area contributed by atoms with Crippen molar-refractivity contribution in [2.75, 3.05) is 13.1 Å². The number of amides is 1. The number of nitrogens with zero attached hydrogens (tertiary/aromatic N) is 2. The SMILES string of the molecule is CC1CC(C(=O)O)CN(C(=O)c2cccc3[nH]ncc23)C1. The number of H-pyrrole nitrogens is 1. The molecular formula is C15H17N3O3. The summed E-state index contributed by atoms with van der Waals surface area (Å²) in [5.74, 6) is -1.26. The number of aromatic nitrogens is 2. The molecule has 1 aromatic heterocycles. The number of fused-ring (bicyclic) bond motifs is 1. The van der Waals surface area contributed by atoms with E-state index in [2.05, 4.69) is 10.2 Å². The van der Waals surface area contributed by atoms with E-state index in [0.717, 1.165) is 10.9 Å². The summed E-state index contributed by atoms with van der Waals surface area (Å²) in [4.78, 5) is 25.6. The minimum atomic E-state index is -0.833. The number of benzene rings is 1. The van der Waals surface area contributed by atoms with Gasteiger partial charge in [0.1, 0.15) is 0 Å². The lowest BCUT2D eigenvalue weighted by molar-refractivity contribution is -0.143. The Balaban J connectivity index is 1.90. The van der Waals surface area contributed by atoms with Crippen molar-refractivity contribution in [2.45, 2.75) is 13.3 Å². The van der Waals surface area contributed by atoms with Gasteiger partial charge < -0.3 is 10.0 Å². The minimum Gasteiger partial charge on any atom is -0.481 e. The van der Waals surface area contributed by atoms with E-state index < -0.39 is 11.9 Å². The largest absolute Gasteiger partial charge is 0.481 e. The smallest absolute Gasteiger partial charge is 0.308 e. The van der Waals surface area contributed by atoms with E-state index in [9.17, 15) is 14.7 Å². The summed E-state index contributed by atoms with van der Waals surface area (Å²) in [5, 5.41) is 16.8. The van der Waals surface area contributed by atoms with Crippen molar-refractivity contribution in [1.29, 1.82) is 0 Å². The van der Waals surface area contributed by atoms with Crippen molar-refractivity contribution in [3.63, 3.8) is 0 Å². The van der Waals surface area contributed by atoms with Crippen LogP contribution in [0, 0.1) is 11.8 Å². The van der Waals surface area contributed by atoms with Gasteiger partial charge in [-0.1, -0.05) is 13.0 Å². The van der Waals surface area contributed by atoms with Crippen LogP contribution in [0.1, 0.15) is 23.7 Å². The Morgan fingerprint density at radius 1 is 1.38 bits per heavy atom. The summed E-state index contributed by atoms with van der Waals surface area (Å²) in [6, 6.07) is 5.42. The minimum absolute atomic E-state index is 0.125. The van der Waals surface area contributed by atoms with Crippen LogP contribution in [0.2, 0.25) is 0 Å². The molecule has 2 heterocycles. The highest BCUT2D eigenvalue weighted by Crippen LogP contribution is 2.25. The van der Waals surface area contributed by atoms with Crippen LogP contribution in [0.5, 0.6) is 0 Å². The first-order chi connectivity index (χ1) is 10.1. The zero-order chi connectivity index (χ0) is 15.0. The summed E-state index contributed by atoms with van der Waals surface area (Å²) in [6.45, 7) is 2.84. The van der Waals surface area contributed by atoms with Gasteiger partial charge in [0.2, 0.25) is 0 Å². The van der Waals surface area contributed by atoms with Gasteiger partial charge >= 0.3 is 5.97 Å². The predicted molar refractivity (Wildman–Crippen MR) is 76.9 cm³/mol. The summed E-state index contributed by atoms with van der Waals surface area (Å²) in [7, 11) is 0. The van der Waals surface area contributed by atoms with E-state index in [1.165, 1.54) is 0 Å². The number of carboxylic acid groups (broad SMARTS) is 1. The maximum atomic E-state index is 12.7. The van der Waals surface area contributed by atoms with Crippen LogP contribution in [0.15, 0.2) is 24.4 Å². The van der Waals surface area contributed by atoms with Gasteiger partial charge in [-0.2, -0.15) is 5.10 Å². The van der Waals surface area contributed by atoms with E-state index in [-0.39, 0.29) is 18.4 Å². The van der Waals surface area contributed by atoms with Gasteiger partial charge in [0.05, 0.1) is 23.2 Å². The third-order valence-corrected chi connectivity index (χ3v) is 4.01. The standard InChI is InChI=1S/C15H17N3O3/c1-9-5-10(15(20)21)8-18(7-9)14(19)11-3-2-4-13-12(11)6-16-17-13/h2-4,6,9-10H,5,7-8H2,1H3,(H,16,17)(H,20,21). The van der Waals surface area contributed by atoms with Crippen LogP contribution in [0.25, 0.3) is 10.9 Å². The molecule has 1 aliphatic rings. The molecular weight excluding hydrogens is 270 g/mol. The van der Waals surface area contributed by atoms with E-state index >= 15 is 0 Å². The van der Waals surface area contributed by atoms with Crippen LogP contribution in [0.3, 0.4) is 0 Å². The van der Waals surface area contributed by atoms with Crippen molar-refractivity contribution in [3.05, 3.63) is 30.0 Å². The maximum absolute atomic E-state index is 12.7. The van der Waals surface area contributed by atoms with Crippen LogP contribution < -0.4 is 0 Å². The first-order valence-electron chi connectivity index (χ1n) is 7.00. The molecule has 1 fully saturated rings. The van der Waals surface area contributed by atoms with Gasteiger partial charge in [0.15, 0.2) is 0 Å². The molecule has 0 bridgehead atoms. The highest BCUT2D eigenvalue weighted by Gasteiger charge is 2.32. The molecule has 1 amide bonds. The van der Waals surface area contributed by atoms with Crippen molar-refractivity contribution in [1.82, 2.24) is 15.1 Å². The molecule has 0 radical (unpaired) electrons. The first-order valence-corrected chi connectivity index (χ1v) is 7.00. The quantitative estimate of drug-likeness (QED) is 0.881. The van der Waals surface area contributed by atoms with Crippen molar-refractivity contribution < 1.29 is 14.7 Å². The molecule has 0 aliphatic carbocycles. The fourth-order valence-electron chi connectivity index (χ4n) is 3.02. The summed E-state index contributed by atoms with van der Waals surface area (Å²) in [5.41, 5.74) is 1.38. The van der Waals surface area contributed by atoms with Gasteiger partial charge in [-0.25, -0.2) is 0 Å². The average Bonchev–Trinajstić information content (AvgIpc) is 2.94. The fraction of sp³-hybridized carbons (Fsp3) is 0.400. The lowest BCUT2D eigenvalue weighted by Crippen LogP contribution is -2.45. The second-order valence-electron chi connectivity index (χ2n) is 5.72. The second-order valence-corrected chi connectivity index (χ2v) is 5.72. The number of nitrogens with one attached hydrogen (secondary N) is 1. The number of likely N-dealkylation sites (tertiary alicyclic amines) is 1. The van der Waals surface area contributed by atoms with E-state index in [1.54, 1.807) is 23.2 Å². The summed E-state index contributed by atoms with van der Waals surface area (Å²) < 4.78 is 0. The third kappa shape index (κ3) is 2.49. The Morgan fingerprint density at radius 2 is 2.19 bits per heavy atom. The number of hydrogen-bond donors (Lipinski definition) is 2. The van der Waals surface area contributed by atoms with E-state index in [4.69, 9.17) is 0 Å². The monoisotopic (exact) mass is 287 g/mol. The fourth-order valence-corrected chi connectivity index (χ4v) is 3.02. The molecule has 6 nitrogen and oxygen atoms in total. The highest BCUT2D eigenvalue weighted by molar-refractivity contribution is 6.06. The van der Waals surface area contributed by atoms with Crippen molar-refractivity contribution >= 4 is 22.8 Å². The zero-order valence-electron chi connectivity index (χ0n) is 11.7. The highest BCUT2D eigenvalue weighted by atomic mass is 16.4. The number of carboxylic acids is 1. The number of carbonyl (C=O) groups is 2. The van der Waals surface area contributed by atoms with Crippen LogP contribution in [-0.2, 0) is 4.79 Å². The second kappa shape index (κ2) is 5.20. The number of hydrogen-bond acceptors (Lipinski definition) is 3. The number of aliphatic carboxylic acids is 1. The third-order valence-electron chi connectivity index (χ3n) is 4.01. The summed E-state index contributed by atoms with van der Waals surface area (Å²) in [6.07, 6.45) is 2.25. The maximum Gasteiger partial charge on any atom is 0.308 e. The van der Waals surface area contributed by atoms with Crippen LogP contribution in [0.4, 0.5) is 0 Å². The molecule has 2 unspecified atom stereocenters. The molecule has 2 aromatic rings. The lowest BCUT2D eigenvalue weighted by Gasteiger charge is -2.34. The Labute approximate surface area is 121 Å². The van der Waals surface area contributed by atoms with Gasteiger partial charge in [0.25, 0.3) is 5.91 Å². The average molecular weight is 287 g/mol. The Kier molecular flexibility index (Phi) is 3.37. The van der Waals surface area contributed by atoms with Gasteiger partial charge in [-0.15, -0.1) is 0 Å². The molecule has 1 aliphatic heterocycles. The Hall–Kier alpha value is -2.37. The topological polar surface area (TPSA) is 86.3 Å². The van der Waals surface area contributed by atoms with Crippen LogP contribution in [-0.4, -0.2) is 45.2 Å². The molecule has 0 saturated carbocycles. The van der Waals surface area contributed by atoms with Gasteiger partial charge in [-0.05, 0) is 24.5 Å². The molecule has 1 aromatic carbocycles. The molecule has 21 heavy (non-hydrogen) atoms. The molecule has 6 heteroatoms. The normalized spacial score (nSPS) is 22.4. The molecule has 3 rings (SSSR count). The number of carbonyl (C=O) groups excluding carboxylic acids is 1. The zero-order valence-corrected chi connectivity index (χ0v) is 11.7. The van der Waals surface area contributed by atoms with Crippen molar-refractivity contribution in [2.24, 2.45) is 11.8 Å². The Bertz CT molecular complexity index is 694. The van der Waals surface area contributed by atoms with Crippen molar-refractivity contribution in [3.8, 4) is 0 Å². The molecule has 1 saturated heterocycles. The molecule has 2 N–H and O–H groups in total. The first kappa shape index (κ1) is 13.6. The number of rotatable bonds is 2. The van der Waals surface area contributed by atoms with Crippen LogP contribution >= 0.6 is 0 Å². The molecule has 0 spiro atoms. The Morgan fingerprint density at radius 3 is 2.95 bits per heavy atom. The van der Waals surface area contributed by atoms with E-state index in [0.29, 0.717) is 18.5 Å². The predicted octanol–water partition coefficient (Wildman–Crippen LogP) is 1.75.